The van der Waals surface area contributed by atoms with Crippen molar-refractivity contribution >= 4 is 52.5 Å². The Kier molecular flexibility index (Phi) is 7.89. The van der Waals surface area contributed by atoms with Crippen molar-refractivity contribution in [2.45, 2.75) is 31.1 Å². The summed E-state index contributed by atoms with van der Waals surface area (Å²) < 4.78 is 11.2. The molecule has 0 unspecified atom stereocenters. The number of aromatic hydroxyl groups is 1. The van der Waals surface area contributed by atoms with Gasteiger partial charge in [0.25, 0.3) is 23.6 Å². The molecule has 0 bridgehead atoms. The molecule has 3 N–H and O–H groups in total. The maximum atomic E-state index is 15.2. The Labute approximate surface area is 285 Å². The number of amides is 4. The van der Waals surface area contributed by atoms with Crippen LogP contribution in [0.25, 0.3) is 0 Å². The number of imide groups is 2. The van der Waals surface area contributed by atoms with E-state index in [2.05, 4.69) is 5.43 Å². The van der Waals surface area contributed by atoms with E-state index < -0.39 is 58.6 Å². The number of hydrogen-bond donors (Lipinski definition) is 3. The minimum absolute atomic E-state index is 0.00536. The number of nitrogens with zero attached hydrogens (tertiary/aromatic N) is 2. The lowest BCUT2D eigenvalue weighted by Crippen LogP contribution is -2.53. The largest absolute Gasteiger partial charge is 0.504 e. The normalized spacial score (nSPS) is 27.8. The summed E-state index contributed by atoms with van der Waals surface area (Å²) >= 11 is 12.6. The average Bonchev–Trinajstić information content (AvgIpc) is 3.43. The zero-order valence-electron chi connectivity index (χ0n) is 25.9. The minimum Gasteiger partial charge on any atom is -0.504 e. The summed E-state index contributed by atoms with van der Waals surface area (Å²) in [5.41, 5.74) is 2.91. The number of carbonyl (C=O) groups is 4. The fraction of sp³-hybridized carbons (Fsp3) is 0.314. The van der Waals surface area contributed by atoms with E-state index >= 15 is 4.79 Å². The van der Waals surface area contributed by atoms with E-state index in [0.717, 1.165) is 5.01 Å². The van der Waals surface area contributed by atoms with E-state index in [1.807, 2.05) is 6.08 Å². The molecule has 4 amide bonds. The Morgan fingerprint density at radius 2 is 1.73 bits per heavy atom. The Morgan fingerprint density at radius 3 is 2.42 bits per heavy atom. The van der Waals surface area contributed by atoms with Crippen molar-refractivity contribution in [1.29, 1.82) is 0 Å². The van der Waals surface area contributed by atoms with Crippen LogP contribution in [0.15, 0.2) is 72.3 Å². The highest BCUT2D eigenvalue weighted by Gasteiger charge is 2.70. The second-order valence-corrected chi connectivity index (χ2v) is 13.2. The molecule has 7 rings (SSSR count). The maximum Gasteiger partial charge on any atom is 0.260 e. The van der Waals surface area contributed by atoms with E-state index in [4.69, 9.17) is 32.7 Å². The summed E-state index contributed by atoms with van der Waals surface area (Å²) in [7, 11) is 1.51. The van der Waals surface area contributed by atoms with Crippen LogP contribution < -0.4 is 14.9 Å². The highest BCUT2D eigenvalue weighted by molar-refractivity contribution is 6.36. The maximum absolute atomic E-state index is 15.2. The number of rotatable bonds is 7. The third kappa shape index (κ3) is 4.52. The minimum atomic E-state index is -1.66. The van der Waals surface area contributed by atoms with Crippen LogP contribution in [0.5, 0.6) is 17.2 Å². The molecule has 3 fully saturated rings. The number of para-hydroxylation sites is 1. The van der Waals surface area contributed by atoms with Gasteiger partial charge < -0.3 is 14.6 Å². The lowest BCUT2D eigenvalue weighted by atomic mass is 9.49. The number of benzene rings is 3. The number of phenols is 1. The third-order valence-corrected chi connectivity index (χ3v) is 10.7. The Hall–Kier alpha value is -4.58. The first-order valence-corrected chi connectivity index (χ1v) is 16.3. The number of ether oxygens (including phenoxy) is 2. The van der Waals surface area contributed by atoms with Gasteiger partial charge in [-0.05, 0) is 67.6 Å². The smallest absolute Gasteiger partial charge is 0.260 e. The highest BCUT2D eigenvalue weighted by atomic mass is 35.5. The first-order chi connectivity index (χ1) is 23.0. The number of phenolic OH excluding ortho intramolecular Hbond substituents is 1. The summed E-state index contributed by atoms with van der Waals surface area (Å²) in [6, 6.07) is 16.4. The molecule has 3 aromatic carbocycles. The number of anilines is 1. The van der Waals surface area contributed by atoms with Gasteiger partial charge in [-0.25, -0.2) is 0 Å². The molecule has 248 valence electrons. The van der Waals surface area contributed by atoms with Gasteiger partial charge >= 0.3 is 0 Å². The van der Waals surface area contributed by atoms with Crippen molar-refractivity contribution in [3.05, 3.63) is 93.5 Å². The molecule has 6 atom stereocenters. The van der Waals surface area contributed by atoms with Crippen LogP contribution in [0, 0.1) is 23.7 Å². The van der Waals surface area contributed by atoms with E-state index in [1.165, 1.54) is 13.2 Å². The standard InChI is InChI=1S/C35H31Cl2N3O8/c1-3-48-27-6-4-5-22(30(27)41)29-20-12-13-21-28(33(44)40(46)31(21)42)23(20)16-24-32(43)39(38-26-14-9-18(36)15-25(26)37)34(45)35(24,29)17-7-10-19(47-2)11-8-17/h4-12,14-15,21,23-24,28-29,38,41,46H,3,13,16H2,1-2H3/t21-,23+,24-,28-,29+,35+/m0/s1. The van der Waals surface area contributed by atoms with Crippen LogP contribution >= 0.6 is 23.2 Å². The topological polar surface area (TPSA) is 146 Å². The van der Waals surface area contributed by atoms with Gasteiger partial charge in [0.2, 0.25) is 0 Å². The molecule has 48 heavy (non-hydrogen) atoms. The number of hydroxylamine groups is 2. The molecule has 2 heterocycles. The van der Waals surface area contributed by atoms with E-state index in [9.17, 15) is 24.7 Å². The lowest BCUT2D eigenvalue weighted by molar-refractivity contribution is -0.173. The quantitative estimate of drug-likeness (QED) is 0.167. The fourth-order valence-electron chi connectivity index (χ4n) is 8.22. The van der Waals surface area contributed by atoms with Crippen LogP contribution in [0.2, 0.25) is 10.0 Å². The highest BCUT2D eigenvalue weighted by Crippen LogP contribution is 2.65. The van der Waals surface area contributed by atoms with Gasteiger partial charge in [-0.15, -0.1) is 0 Å². The van der Waals surface area contributed by atoms with Crippen molar-refractivity contribution in [3.8, 4) is 17.2 Å². The molecule has 2 aliphatic carbocycles. The number of hydrogen-bond acceptors (Lipinski definition) is 9. The number of carbonyl (C=O) groups excluding carboxylic acids is 4. The predicted octanol–water partition coefficient (Wildman–Crippen LogP) is 5.48. The summed E-state index contributed by atoms with van der Waals surface area (Å²) in [4.78, 5) is 56.3. The SMILES string of the molecule is CCOc1cccc([C@H]2C3=CC[C@@H]4C(=O)N(O)C(=O)[C@@H]4[C@@H]3C[C@H]3C(=O)N(Nc4ccc(Cl)cc4Cl)C(=O)[C@@]23c2ccc(OC)cc2)c1O. The van der Waals surface area contributed by atoms with Gasteiger partial charge in [0.1, 0.15) is 5.75 Å². The fourth-order valence-corrected chi connectivity index (χ4v) is 8.67. The number of halogens is 2. The predicted molar refractivity (Wildman–Crippen MR) is 174 cm³/mol. The second kappa shape index (κ2) is 11.8. The first kappa shape index (κ1) is 32.0. The summed E-state index contributed by atoms with van der Waals surface area (Å²) in [6.07, 6.45) is 1.94. The van der Waals surface area contributed by atoms with Gasteiger partial charge in [-0.1, -0.05) is 59.1 Å². The van der Waals surface area contributed by atoms with Crippen LogP contribution in [-0.4, -0.2) is 57.7 Å². The molecule has 0 spiro atoms. The van der Waals surface area contributed by atoms with Crippen LogP contribution in [-0.2, 0) is 24.6 Å². The monoisotopic (exact) mass is 691 g/mol. The zero-order chi connectivity index (χ0) is 34.1. The summed E-state index contributed by atoms with van der Waals surface area (Å²) in [5.74, 6) is -6.79. The van der Waals surface area contributed by atoms with Crippen molar-refractivity contribution in [2.75, 3.05) is 19.1 Å². The van der Waals surface area contributed by atoms with E-state index in [0.29, 0.717) is 27.5 Å². The van der Waals surface area contributed by atoms with Crippen molar-refractivity contribution in [3.63, 3.8) is 0 Å². The number of hydrazine groups is 1. The summed E-state index contributed by atoms with van der Waals surface area (Å²) in [6.45, 7) is 2.03. The van der Waals surface area contributed by atoms with Gasteiger partial charge in [-0.2, -0.15) is 10.1 Å². The number of nitrogens with one attached hydrogen (secondary N) is 1. The van der Waals surface area contributed by atoms with E-state index in [1.54, 1.807) is 61.5 Å². The van der Waals surface area contributed by atoms with Gasteiger partial charge in [0.15, 0.2) is 11.5 Å². The first-order valence-electron chi connectivity index (χ1n) is 15.5. The molecule has 2 saturated heterocycles. The van der Waals surface area contributed by atoms with Crippen molar-refractivity contribution in [1.82, 2.24) is 10.1 Å². The molecule has 1 saturated carbocycles. The zero-order valence-corrected chi connectivity index (χ0v) is 27.4. The third-order valence-electron chi connectivity index (χ3n) is 10.2. The molecular weight excluding hydrogens is 661 g/mol. The van der Waals surface area contributed by atoms with Crippen LogP contribution in [0.3, 0.4) is 0 Å². The molecular formula is C35H31Cl2N3O8. The molecule has 4 aliphatic rings. The van der Waals surface area contributed by atoms with Crippen LogP contribution in [0.1, 0.15) is 36.8 Å². The lowest BCUT2D eigenvalue weighted by Gasteiger charge is -2.50. The second-order valence-electron chi connectivity index (χ2n) is 12.3. The Balaban J connectivity index is 1.49. The van der Waals surface area contributed by atoms with Gasteiger partial charge in [0, 0.05) is 16.5 Å². The summed E-state index contributed by atoms with van der Waals surface area (Å²) in [5, 5.41) is 23.8. The molecule has 2 aliphatic heterocycles. The average molecular weight is 693 g/mol. The Morgan fingerprint density at radius 1 is 0.979 bits per heavy atom. The Bertz CT molecular complexity index is 1900. The van der Waals surface area contributed by atoms with Crippen LogP contribution in [0.4, 0.5) is 5.69 Å². The van der Waals surface area contributed by atoms with Gasteiger partial charge in [0.05, 0.1) is 47.6 Å². The molecule has 3 aromatic rings. The molecule has 11 nitrogen and oxygen atoms in total. The number of fused-ring (bicyclic) bond motifs is 4. The van der Waals surface area contributed by atoms with E-state index in [-0.39, 0.29) is 46.7 Å². The number of allylic oxidation sites excluding steroid dienone is 2. The molecule has 0 radical (unpaired) electrons. The molecule has 0 aromatic heterocycles. The van der Waals surface area contributed by atoms with Crippen molar-refractivity contribution in [2.24, 2.45) is 23.7 Å². The van der Waals surface area contributed by atoms with Crippen molar-refractivity contribution < 1.29 is 39.0 Å². The molecule has 13 heteroatoms. The number of methoxy groups -OCH3 is 1. The van der Waals surface area contributed by atoms with Gasteiger partial charge in [-0.3, -0.25) is 29.8 Å².